The van der Waals surface area contributed by atoms with Gasteiger partial charge in [0.15, 0.2) is 0 Å². The maximum Gasteiger partial charge on any atom is 0.326 e. The molecule has 1 aliphatic rings. The van der Waals surface area contributed by atoms with Gasteiger partial charge in [0.1, 0.15) is 6.04 Å². The molecule has 2 N–H and O–H groups in total. The number of urea groups is 1. The van der Waals surface area contributed by atoms with E-state index in [1.807, 2.05) is 30.3 Å². The van der Waals surface area contributed by atoms with Gasteiger partial charge in [-0.2, -0.15) is 0 Å². The van der Waals surface area contributed by atoms with Crippen LogP contribution < -0.4 is 0 Å². The van der Waals surface area contributed by atoms with Gasteiger partial charge < -0.3 is 20.0 Å². The number of carboxylic acid groups (broad SMARTS) is 2. The first kappa shape index (κ1) is 19.8. The van der Waals surface area contributed by atoms with Crippen LogP contribution in [0.4, 0.5) is 4.79 Å². The Hall–Kier alpha value is -2.57. The van der Waals surface area contributed by atoms with E-state index < -0.39 is 23.9 Å². The Morgan fingerprint density at radius 3 is 2.50 bits per heavy atom. The van der Waals surface area contributed by atoms with E-state index in [9.17, 15) is 24.6 Å². The van der Waals surface area contributed by atoms with Crippen LogP contribution in [0.2, 0.25) is 0 Å². The van der Waals surface area contributed by atoms with E-state index >= 15 is 0 Å². The van der Waals surface area contributed by atoms with Crippen LogP contribution in [0.25, 0.3) is 0 Å². The molecule has 1 aliphatic heterocycles. The largest absolute Gasteiger partial charge is 0.481 e. The summed E-state index contributed by atoms with van der Waals surface area (Å²) < 4.78 is 0. The lowest BCUT2D eigenvalue weighted by atomic mass is 9.99. The molecular formula is C19H26N2O5. The molecule has 1 fully saturated rings. The van der Waals surface area contributed by atoms with Gasteiger partial charge in [-0.15, -0.1) is 0 Å². The summed E-state index contributed by atoms with van der Waals surface area (Å²) in [5.41, 5.74) is 1.05. The zero-order chi connectivity index (χ0) is 19.1. The summed E-state index contributed by atoms with van der Waals surface area (Å²) in [6.07, 6.45) is 2.13. The number of nitrogens with zero attached hydrogens (tertiary/aromatic N) is 2. The average molecular weight is 362 g/mol. The molecule has 2 atom stereocenters. The predicted molar refractivity (Wildman–Crippen MR) is 95.9 cm³/mol. The van der Waals surface area contributed by atoms with E-state index in [4.69, 9.17) is 0 Å². The van der Waals surface area contributed by atoms with Gasteiger partial charge in [-0.25, -0.2) is 9.59 Å². The fraction of sp³-hybridized carbons (Fsp3) is 0.526. The SMILES string of the molecule is CCN(CC(CCc1ccccc1)C(=O)O)C(=O)N1CCC[C@@H]1C(=O)O. The van der Waals surface area contributed by atoms with Gasteiger partial charge in [0.05, 0.1) is 5.92 Å². The van der Waals surface area contributed by atoms with E-state index in [-0.39, 0.29) is 12.6 Å². The van der Waals surface area contributed by atoms with E-state index in [1.165, 1.54) is 9.80 Å². The molecule has 2 rings (SSSR count). The Balaban J connectivity index is 2.01. The third-order valence-corrected chi connectivity index (χ3v) is 4.85. The van der Waals surface area contributed by atoms with Crippen LogP contribution in [0.1, 0.15) is 31.7 Å². The van der Waals surface area contributed by atoms with Crippen molar-refractivity contribution in [3.05, 3.63) is 35.9 Å². The third-order valence-electron chi connectivity index (χ3n) is 4.85. The van der Waals surface area contributed by atoms with Crippen molar-refractivity contribution in [1.82, 2.24) is 9.80 Å². The molecule has 142 valence electrons. The molecule has 26 heavy (non-hydrogen) atoms. The van der Waals surface area contributed by atoms with E-state index in [1.54, 1.807) is 6.92 Å². The number of aryl methyl sites for hydroxylation is 1. The zero-order valence-corrected chi connectivity index (χ0v) is 15.0. The monoisotopic (exact) mass is 362 g/mol. The molecule has 0 radical (unpaired) electrons. The van der Waals surface area contributed by atoms with Gasteiger partial charge in [-0.3, -0.25) is 4.79 Å². The highest BCUT2D eigenvalue weighted by Gasteiger charge is 2.36. The minimum atomic E-state index is -1.01. The van der Waals surface area contributed by atoms with Crippen LogP contribution in [0.5, 0.6) is 0 Å². The van der Waals surface area contributed by atoms with Gasteiger partial charge >= 0.3 is 18.0 Å². The molecular weight excluding hydrogens is 336 g/mol. The smallest absolute Gasteiger partial charge is 0.326 e. The molecule has 1 heterocycles. The van der Waals surface area contributed by atoms with Gasteiger partial charge in [0, 0.05) is 19.6 Å². The number of hydrogen-bond donors (Lipinski definition) is 2. The number of amides is 2. The normalized spacial score (nSPS) is 17.7. The first-order chi connectivity index (χ1) is 12.4. The van der Waals surface area contributed by atoms with Crippen LogP contribution in [0, 0.1) is 5.92 Å². The Kier molecular flexibility index (Phi) is 7.00. The lowest BCUT2D eigenvalue weighted by Crippen LogP contribution is -2.49. The van der Waals surface area contributed by atoms with E-state index in [2.05, 4.69) is 0 Å². The van der Waals surface area contributed by atoms with E-state index in [0.29, 0.717) is 38.8 Å². The fourth-order valence-electron chi connectivity index (χ4n) is 3.32. The predicted octanol–water partition coefficient (Wildman–Crippen LogP) is 2.31. The second-order valence-corrected chi connectivity index (χ2v) is 6.57. The second-order valence-electron chi connectivity index (χ2n) is 6.57. The summed E-state index contributed by atoms with van der Waals surface area (Å²) in [6.45, 7) is 2.60. The maximum absolute atomic E-state index is 12.7. The number of benzene rings is 1. The molecule has 0 bridgehead atoms. The second kappa shape index (κ2) is 9.22. The van der Waals surface area contributed by atoms with Crippen molar-refractivity contribution in [2.75, 3.05) is 19.6 Å². The number of carbonyl (C=O) groups is 3. The quantitative estimate of drug-likeness (QED) is 0.739. The third kappa shape index (κ3) is 4.97. The van der Waals surface area contributed by atoms with E-state index in [0.717, 1.165) is 5.56 Å². The molecule has 0 aliphatic carbocycles. The van der Waals surface area contributed by atoms with Crippen molar-refractivity contribution < 1.29 is 24.6 Å². The standard InChI is InChI=1S/C19H26N2O5/c1-2-20(19(26)21-12-6-9-16(21)18(24)25)13-15(17(22)23)11-10-14-7-4-3-5-8-14/h3-5,7-8,15-16H,2,6,9-13H2,1H3,(H,22,23)(H,24,25)/t15?,16-/m1/s1. The summed E-state index contributed by atoms with van der Waals surface area (Å²) in [6, 6.07) is 8.42. The van der Waals surface area contributed by atoms with Crippen molar-refractivity contribution in [3.8, 4) is 0 Å². The molecule has 1 aromatic carbocycles. The summed E-state index contributed by atoms with van der Waals surface area (Å²) in [7, 11) is 0. The molecule has 0 spiro atoms. The van der Waals surface area contributed by atoms with Crippen molar-refractivity contribution in [1.29, 1.82) is 0 Å². The van der Waals surface area contributed by atoms with Gasteiger partial charge in [0.2, 0.25) is 0 Å². The first-order valence-electron chi connectivity index (χ1n) is 8.99. The van der Waals surface area contributed by atoms with Crippen LogP contribution in [0.15, 0.2) is 30.3 Å². The molecule has 0 aromatic heterocycles. The average Bonchev–Trinajstić information content (AvgIpc) is 3.12. The van der Waals surface area contributed by atoms with Gasteiger partial charge in [0.25, 0.3) is 0 Å². The molecule has 7 nitrogen and oxygen atoms in total. The Labute approximate surface area is 153 Å². The Morgan fingerprint density at radius 2 is 1.92 bits per heavy atom. The van der Waals surface area contributed by atoms with Gasteiger partial charge in [-0.05, 0) is 38.2 Å². The van der Waals surface area contributed by atoms with Crippen molar-refractivity contribution in [3.63, 3.8) is 0 Å². The summed E-state index contributed by atoms with van der Waals surface area (Å²) >= 11 is 0. The van der Waals surface area contributed by atoms with Crippen LogP contribution in [-0.2, 0) is 16.0 Å². The molecule has 1 aromatic rings. The molecule has 0 saturated carbocycles. The minimum absolute atomic E-state index is 0.0837. The maximum atomic E-state index is 12.7. The topological polar surface area (TPSA) is 98.2 Å². The van der Waals surface area contributed by atoms with Crippen LogP contribution >= 0.6 is 0 Å². The number of likely N-dealkylation sites (tertiary alicyclic amines) is 1. The number of hydrogen-bond acceptors (Lipinski definition) is 3. The molecule has 2 amide bonds. The number of carboxylic acids is 2. The summed E-state index contributed by atoms with van der Waals surface area (Å²) in [5, 5.41) is 18.8. The summed E-state index contributed by atoms with van der Waals surface area (Å²) in [5.74, 6) is -2.64. The van der Waals surface area contributed by atoms with Crippen molar-refractivity contribution in [2.45, 2.75) is 38.6 Å². The van der Waals surface area contributed by atoms with Crippen molar-refractivity contribution >= 4 is 18.0 Å². The van der Waals surface area contributed by atoms with Crippen LogP contribution in [-0.4, -0.2) is 63.7 Å². The number of aliphatic carboxylic acids is 2. The molecule has 1 unspecified atom stereocenters. The first-order valence-corrected chi connectivity index (χ1v) is 8.99. The summed E-state index contributed by atoms with van der Waals surface area (Å²) in [4.78, 5) is 38.5. The Morgan fingerprint density at radius 1 is 1.23 bits per heavy atom. The molecule has 7 heteroatoms. The minimum Gasteiger partial charge on any atom is -0.481 e. The van der Waals surface area contributed by atoms with Gasteiger partial charge in [-0.1, -0.05) is 30.3 Å². The highest BCUT2D eigenvalue weighted by molar-refractivity contribution is 5.83. The lowest BCUT2D eigenvalue weighted by Gasteiger charge is -2.31. The fourth-order valence-corrected chi connectivity index (χ4v) is 3.32. The van der Waals surface area contributed by atoms with Crippen LogP contribution in [0.3, 0.4) is 0 Å². The highest BCUT2D eigenvalue weighted by atomic mass is 16.4. The molecule has 1 saturated heterocycles. The highest BCUT2D eigenvalue weighted by Crippen LogP contribution is 2.21. The number of carbonyl (C=O) groups excluding carboxylic acids is 1. The van der Waals surface area contributed by atoms with Crippen molar-refractivity contribution in [2.24, 2.45) is 5.92 Å². The Bertz CT molecular complexity index is 634. The number of rotatable bonds is 8. The lowest BCUT2D eigenvalue weighted by molar-refractivity contribution is -0.143. The zero-order valence-electron chi connectivity index (χ0n) is 15.0.